The van der Waals surface area contributed by atoms with Gasteiger partial charge >= 0.3 is 15.2 Å². The predicted molar refractivity (Wildman–Crippen MR) is 106 cm³/mol. The van der Waals surface area contributed by atoms with E-state index >= 15 is 0 Å². The Hall–Kier alpha value is 0.0400. The third-order valence-corrected chi connectivity index (χ3v) is 10.9. The Balaban J connectivity index is 3.61. The summed E-state index contributed by atoms with van der Waals surface area (Å²) in [5.74, 6) is 0. The number of rotatable bonds is 10. The molecule has 1 rings (SSSR count). The van der Waals surface area contributed by atoms with Gasteiger partial charge in [-0.25, -0.2) is 0 Å². The average molecular weight is 410 g/mol. The predicted octanol–water partition coefficient (Wildman–Crippen LogP) is 6.51. The molecular formula is C18H36O6P2. The van der Waals surface area contributed by atoms with Crippen LogP contribution in [0.2, 0.25) is 0 Å². The van der Waals surface area contributed by atoms with Crippen LogP contribution in [0.5, 0.6) is 0 Å². The highest BCUT2D eigenvalue weighted by atomic mass is 31.2. The molecule has 154 valence electrons. The van der Waals surface area contributed by atoms with Gasteiger partial charge < -0.3 is 18.1 Å². The van der Waals surface area contributed by atoms with Crippen LogP contribution in [-0.4, -0.2) is 29.3 Å². The molecule has 1 aliphatic rings. The first-order chi connectivity index (χ1) is 11.9. The van der Waals surface area contributed by atoms with Crippen LogP contribution in [0.15, 0.2) is 12.2 Å². The summed E-state index contributed by atoms with van der Waals surface area (Å²) in [6.45, 7) is 14.3. The maximum absolute atomic E-state index is 14.1. The molecule has 0 bridgehead atoms. The fourth-order valence-corrected chi connectivity index (χ4v) is 9.34. The lowest BCUT2D eigenvalue weighted by molar-refractivity contribution is 0.107. The lowest BCUT2D eigenvalue weighted by Crippen LogP contribution is -2.36. The molecule has 0 saturated carbocycles. The molecule has 26 heavy (non-hydrogen) atoms. The monoisotopic (exact) mass is 410 g/mol. The maximum Gasteiger partial charge on any atom is 0.349 e. The molecule has 0 spiro atoms. The average Bonchev–Trinajstić information content (AvgIpc) is 2.44. The van der Waals surface area contributed by atoms with Gasteiger partial charge in [-0.1, -0.05) is 12.2 Å². The molecule has 0 N–H and O–H groups in total. The molecule has 0 heterocycles. The van der Waals surface area contributed by atoms with Gasteiger partial charge in [-0.2, -0.15) is 0 Å². The molecule has 0 aromatic rings. The molecule has 0 radical (unpaired) electrons. The van der Waals surface area contributed by atoms with Gasteiger partial charge in [0.05, 0.1) is 24.4 Å². The summed E-state index contributed by atoms with van der Waals surface area (Å²) in [5, 5.41) is 0. The van der Waals surface area contributed by atoms with Crippen LogP contribution in [0, 0.1) is 0 Å². The van der Waals surface area contributed by atoms with E-state index < -0.39 is 20.1 Å². The van der Waals surface area contributed by atoms with Crippen LogP contribution in [0.25, 0.3) is 0 Å². The van der Waals surface area contributed by atoms with Crippen LogP contribution in [0.3, 0.4) is 0 Å². The Morgan fingerprint density at radius 3 is 1.27 bits per heavy atom. The van der Waals surface area contributed by atoms with Crippen molar-refractivity contribution in [2.24, 2.45) is 0 Å². The lowest BCUT2D eigenvalue weighted by atomic mass is 10.1. The van der Waals surface area contributed by atoms with Crippen molar-refractivity contribution in [2.75, 3.05) is 0 Å². The Labute approximate surface area is 159 Å². The normalized spacial score (nSPS) is 18.5. The summed E-state index contributed by atoms with van der Waals surface area (Å²) in [6, 6.07) is 0. The summed E-state index contributed by atoms with van der Waals surface area (Å²) < 4.78 is 51.7. The molecule has 0 aliphatic heterocycles. The van der Waals surface area contributed by atoms with E-state index in [0.29, 0.717) is 12.8 Å². The minimum Gasteiger partial charge on any atom is -0.305 e. The Morgan fingerprint density at radius 2 is 1.04 bits per heavy atom. The Bertz CT molecular complexity index is 502. The van der Waals surface area contributed by atoms with Gasteiger partial charge in [0.25, 0.3) is 0 Å². The first-order valence-electron chi connectivity index (χ1n) is 9.46. The second-order valence-corrected chi connectivity index (χ2v) is 12.7. The zero-order chi connectivity index (χ0) is 20.2. The second-order valence-electron chi connectivity index (χ2n) is 7.81. The van der Waals surface area contributed by atoms with Crippen molar-refractivity contribution in [1.82, 2.24) is 0 Å². The molecule has 0 saturated heterocycles. The zero-order valence-electron chi connectivity index (χ0n) is 17.4. The first-order valence-corrected chi connectivity index (χ1v) is 12.5. The number of hydrogen-bond donors (Lipinski definition) is 0. The van der Waals surface area contributed by atoms with Crippen molar-refractivity contribution >= 4 is 15.2 Å². The maximum atomic E-state index is 14.1. The third kappa shape index (κ3) is 5.53. The molecule has 0 unspecified atom stereocenters. The van der Waals surface area contributed by atoms with E-state index in [2.05, 4.69) is 0 Å². The van der Waals surface area contributed by atoms with E-state index in [1.54, 1.807) is 55.4 Å². The minimum atomic E-state index is -3.84. The van der Waals surface area contributed by atoms with Crippen molar-refractivity contribution in [3.05, 3.63) is 12.2 Å². The van der Waals surface area contributed by atoms with Crippen molar-refractivity contribution in [1.29, 1.82) is 0 Å². The molecule has 8 heteroatoms. The second kappa shape index (κ2) is 9.49. The van der Waals surface area contributed by atoms with Crippen LogP contribution < -0.4 is 0 Å². The quantitative estimate of drug-likeness (QED) is 0.302. The molecule has 6 nitrogen and oxygen atoms in total. The minimum absolute atomic E-state index is 0.264. The van der Waals surface area contributed by atoms with Crippen LogP contribution in [0.4, 0.5) is 0 Å². The van der Waals surface area contributed by atoms with E-state index in [-0.39, 0.29) is 30.8 Å². The Morgan fingerprint density at radius 1 is 0.692 bits per heavy atom. The van der Waals surface area contributed by atoms with Crippen molar-refractivity contribution in [2.45, 2.75) is 104 Å². The van der Waals surface area contributed by atoms with Gasteiger partial charge in [-0.05, 0) is 74.7 Å². The molecular weight excluding hydrogens is 374 g/mol. The van der Waals surface area contributed by atoms with Crippen molar-refractivity contribution < 1.29 is 27.2 Å². The highest BCUT2D eigenvalue weighted by Gasteiger charge is 2.65. The Kier molecular flexibility index (Phi) is 8.79. The van der Waals surface area contributed by atoms with Gasteiger partial charge in [-0.15, -0.1) is 0 Å². The fourth-order valence-electron chi connectivity index (χ4n) is 3.01. The van der Waals surface area contributed by atoms with E-state index in [1.807, 2.05) is 12.2 Å². The number of allylic oxidation sites excluding steroid dienone is 2. The summed E-state index contributed by atoms with van der Waals surface area (Å²) in [5.41, 5.74) is 0. The van der Waals surface area contributed by atoms with Crippen molar-refractivity contribution in [3.63, 3.8) is 0 Å². The van der Waals surface area contributed by atoms with Crippen molar-refractivity contribution in [3.8, 4) is 0 Å². The van der Waals surface area contributed by atoms with E-state index in [1.165, 1.54) is 0 Å². The molecule has 0 amide bonds. The van der Waals surface area contributed by atoms with Gasteiger partial charge in [0.1, 0.15) is 0 Å². The molecule has 0 aromatic carbocycles. The topological polar surface area (TPSA) is 71.1 Å². The molecule has 1 aliphatic carbocycles. The van der Waals surface area contributed by atoms with Crippen LogP contribution in [-0.2, 0) is 27.2 Å². The highest BCUT2D eigenvalue weighted by molar-refractivity contribution is 7.74. The van der Waals surface area contributed by atoms with Gasteiger partial charge in [0.2, 0.25) is 0 Å². The largest absolute Gasteiger partial charge is 0.349 e. The third-order valence-electron chi connectivity index (χ3n) is 3.74. The molecule has 0 fully saturated rings. The molecule has 0 aromatic heterocycles. The van der Waals surface area contributed by atoms with E-state index in [4.69, 9.17) is 18.1 Å². The highest BCUT2D eigenvalue weighted by Crippen LogP contribution is 2.82. The standard InChI is InChI=1S/C18H36O6P2/c1-14(2)21-25(19,22-15(3)4)18(12-10-9-11-13-18)26(20,23-16(5)6)24-17(7)8/h9-10,14-17H,11-13H2,1-8H3. The first kappa shape index (κ1) is 24.1. The SMILES string of the molecule is CC(C)OP(=O)(OC(C)C)C1(P(=O)(OC(C)C)OC(C)C)CC=CCC1. The zero-order valence-corrected chi connectivity index (χ0v) is 19.2. The van der Waals surface area contributed by atoms with Gasteiger partial charge in [0, 0.05) is 0 Å². The number of hydrogen-bond acceptors (Lipinski definition) is 6. The summed E-state index contributed by atoms with van der Waals surface area (Å²) >= 11 is 0. The smallest absolute Gasteiger partial charge is 0.305 e. The van der Waals surface area contributed by atoms with E-state index in [0.717, 1.165) is 0 Å². The summed E-state index contributed by atoms with van der Waals surface area (Å²) in [7, 11) is -7.67. The summed E-state index contributed by atoms with van der Waals surface area (Å²) in [4.78, 5) is -1.35. The van der Waals surface area contributed by atoms with Crippen LogP contribution in [0.1, 0.15) is 74.7 Å². The van der Waals surface area contributed by atoms with E-state index in [9.17, 15) is 9.13 Å². The van der Waals surface area contributed by atoms with Gasteiger partial charge in [0.15, 0.2) is 4.90 Å². The fraction of sp³-hybridized carbons (Fsp3) is 0.889. The van der Waals surface area contributed by atoms with Crippen LogP contribution >= 0.6 is 15.2 Å². The summed E-state index contributed by atoms with van der Waals surface area (Å²) in [6.07, 6.45) is 3.69. The van der Waals surface area contributed by atoms with Gasteiger partial charge in [-0.3, -0.25) is 9.13 Å². The lowest BCUT2D eigenvalue weighted by Gasteiger charge is -2.45. The molecule has 0 atom stereocenters.